The fourth-order valence-corrected chi connectivity index (χ4v) is 2.87. The number of guanidine groups is 1. The Morgan fingerprint density at radius 1 is 1.36 bits per heavy atom. The van der Waals surface area contributed by atoms with E-state index in [1.54, 1.807) is 7.11 Å². The Labute approximate surface area is 168 Å². The van der Waals surface area contributed by atoms with Gasteiger partial charge in [0.05, 0.1) is 13.2 Å². The molecule has 7 heteroatoms. The van der Waals surface area contributed by atoms with Crippen molar-refractivity contribution in [2.45, 2.75) is 45.7 Å². The predicted molar refractivity (Wildman–Crippen MR) is 115 cm³/mol. The number of aromatic nitrogens is 1. The van der Waals surface area contributed by atoms with Crippen molar-refractivity contribution in [3.63, 3.8) is 0 Å². The second kappa shape index (κ2) is 12.3. The maximum absolute atomic E-state index is 5.17. The molecule has 0 aliphatic carbocycles. The minimum absolute atomic E-state index is 0. The van der Waals surface area contributed by atoms with Crippen LogP contribution in [0.15, 0.2) is 23.3 Å². The molecule has 1 aromatic heterocycles. The van der Waals surface area contributed by atoms with Gasteiger partial charge in [-0.3, -0.25) is 0 Å². The molecule has 0 spiro atoms. The number of hydrogen-bond acceptors (Lipinski definition) is 4. The van der Waals surface area contributed by atoms with E-state index in [-0.39, 0.29) is 30.0 Å². The van der Waals surface area contributed by atoms with Gasteiger partial charge in [0.2, 0.25) is 0 Å². The molecule has 1 atom stereocenters. The summed E-state index contributed by atoms with van der Waals surface area (Å²) in [6.45, 7) is 8.49. The largest absolute Gasteiger partial charge is 0.383 e. The molecule has 142 valence electrons. The molecule has 1 aromatic rings. The number of rotatable bonds is 7. The Balaban J connectivity index is 0.00000312. The topological polar surface area (TPSA) is 61.8 Å². The van der Waals surface area contributed by atoms with Crippen LogP contribution in [0.1, 0.15) is 38.7 Å². The Hall–Kier alpha value is -1.09. The van der Waals surface area contributed by atoms with Gasteiger partial charge in [-0.1, -0.05) is 0 Å². The van der Waals surface area contributed by atoms with Gasteiger partial charge >= 0.3 is 0 Å². The van der Waals surface area contributed by atoms with E-state index in [9.17, 15) is 0 Å². The third-order valence-corrected chi connectivity index (χ3v) is 4.05. The summed E-state index contributed by atoms with van der Waals surface area (Å²) in [6.07, 6.45) is 5.74. The van der Waals surface area contributed by atoms with Crippen molar-refractivity contribution < 1.29 is 4.74 Å². The van der Waals surface area contributed by atoms with Crippen molar-refractivity contribution in [3.8, 4) is 0 Å². The van der Waals surface area contributed by atoms with Crippen LogP contribution in [0.25, 0.3) is 0 Å². The molecule has 0 amide bonds. The number of piperidine rings is 1. The van der Waals surface area contributed by atoms with E-state index in [4.69, 9.17) is 4.74 Å². The molecule has 1 fully saturated rings. The highest BCUT2D eigenvalue weighted by Crippen LogP contribution is 2.18. The van der Waals surface area contributed by atoms with Gasteiger partial charge in [-0.2, -0.15) is 0 Å². The van der Waals surface area contributed by atoms with Crippen LogP contribution in [0.2, 0.25) is 0 Å². The van der Waals surface area contributed by atoms with Gasteiger partial charge in [-0.15, -0.1) is 24.0 Å². The van der Waals surface area contributed by atoms with Gasteiger partial charge in [0, 0.05) is 39.0 Å². The fraction of sp³-hybridized carbons (Fsp3) is 0.667. The third kappa shape index (κ3) is 7.77. The van der Waals surface area contributed by atoms with E-state index in [1.807, 2.05) is 12.3 Å². The zero-order valence-corrected chi connectivity index (χ0v) is 18.0. The van der Waals surface area contributed by atoms with E-state index in [0.717, 1.165) is 31.4 Å². The summed E-state index contributed by atoms with van der Waals surface area (Å²) >= 11 is 0. The van der Waals surface area contributed by atoms with E-state index >= 15 is 0 Å². The summed E-state index contributed by atoms with van der Waals surface area (Å²) in [5.41, 5.74) is 1.18. The van der Waals surface area contributed by atoms with E-state index in [2.05, 4.69) is 45.4 Å². The van der Waals surface area contributed by atoms with Crippen LogP contribution in [0.4, 0.5) is 5.82 Å². The molecule has 0 saturated carbocycles. The summed E-state index contributed by atoms with van der Waals surface area (Å²) in [4.78, 5) is 11.6. The zero-order valence-electron chi connectivity index (χ0n) is 15.6. The molecule has 25 heavy (non-hydrogen) atoms. The Bertz CT molecular complexity index is 520. The zero-order chi connectivity index (χ0) is 17.2. The lowest BCUT2D eigenvalue weighted by Gasteiger charge is -2.27. The van der Waals surface area contributed by atoms with E-state index in [0.29, 0.717) is 13.2 Å². The van der Waals surface area contributed by atoms with Crippen LogP contribution >= 0.6 is 24.0 Å². The first kappa shape index (κ1) is 22.0. The molecular weight excluding hydrogens is 429 g/mol. The lowest BCUT2D eigenvalue weighted by Crippen LogP contribution is -2.43. The molecule has 2 rings (SSSR count). The van der Waals surface area contributed by atoms with Crippen LogP contribution in [0.3, 0.4) is 0 Å². The number of pyridine rings is 1. The third-order valence-electron chi connectivity index (χ3n) is 4.05. The Morgan fingerprint density at radius 3 is 2.80 bits per heavy atom. The molecule has 2 heterocycles. The van der Waals surface area contributed by atoms with Crippen LogP contribution in [-0.2, 0) is 11.3 Å². The van der Waals surface area contributed by atoms with Crippen molar-refractivity contribution >= 4 is 35.8 Å². The highest BCUT2D eigenvalue weighted by molar-refractivity contribution is 14.0. The first-order valence-corrected chi connectivity index (χ1v) is 8.96. The fourth-order valence-electron chi connectivity index (χ4n) is 2.87. The van der Waals surface area contributed by atoms with Crippen molar-refractivity contribution in [1.82, 2.24) is 15.6 Å². The lowest BCUT2D eigenvalue weighted by atomic mass is 10.1. The van der Waals surface area contributed by atoms with Crippen LogP contribution in [-0.4, -0.2) is 50.3 Å². The molecule has 2 N–H and O–H groups in total. The molecule has 0 aromatic carbocycles. The number of aliphatic imine (C=N–C) groups is 1. The highest BCUT2D eigenvalue weighted by atomic mass is 127. The number of nitrogens with one attached hydrogen (secondary N) is 2. The summed E-state index contributed by atoms with van der Waals surface area (Å²) in [6, 6.07) is 4.42. The van der Waals surface area contributed by atoms with Crippen molar-refractivity contribution in [3.05, 3.63) is 23.9 Å². The molecule has 1 aliphatic rings. The number of hydrogen-bond donors (Lipinski definition) is 2. The number of anilines is 1. The smallest absolute Gasteiger partial charge is 0.191 e. The normalized spacial score (nSPS) is 16.1. The Morgan fingerprint density at radius 2 is 2.12 bits per heavy atom. The summed E-state index contributed by atoms with van der Waals surface area (Å²) in [5, 5.41) is 6.63. The minimum Gasteiger partial charge on any atom is -0.383 e. The average molecular weight is 461 g/mol. The van der Waals surface area contributed by atoms with Crippen molar-refractivity contribution in [1.29, 1.82) is 0 Å². The molecule has 1 saturated heterocycles. The summed E-state index contributed by atoms with van der Waals surface area (Å²) in [7, 11) is 1.71. The molecule has 0 radical (unpaired) electrons. The van der Waals surface area contributed by atoms with Crippen LogP contribution < -0.4 is 15.5 Å². The molecule has 1 unspecified atom stereocenters. The number of methoxy groups -OCH3 is 1. The highest BCUT2D eigenvalue weighted by Gasteiger charge is 2.12. The Kier molecular flexibility index (Phi) is 10.8. The van der Waals surface area contributed by atoms with Crippen molar-refractivity contribution in [2.75, 3.05) is 38.3 Å². The SMILES string of the molecule is CCNC(=NCc1ccnc(N2CCCCC2)c1)NC(C)COC.I. The average Bonchev–Trinajstić information content (AvgIpc) is 2.61. The second-order valence-corrected chi connectivity index (χ2v) is 6.27. The van der Waals surface area contributed by atoms with Gasteiger partial charge in [0.25, 0.3) is 0 Å². The number of ether oxygens (including phenoxy) is 1. The maximum Gasteiger partial charge on any atom is 0.191 e. The first-order chi connectivity index (χ1) is 11.7. The molecule has 1 aliphatic heterocycles. The minimum atomic E-state index is 0. The van der Waals surface area contributed by atoms with Crippen LogP contribution in [0, 0.1) is 0 Å². The lowest BCUT2D eigenvalue weighted by molar-refractivity contribution is 0.179. The molecule has 6 nitrogen and oxygen atoms in total. The number of nitrogens with zero attached hydrogens (tertiary/aromatic N) is 3. The maximum atomic E-state index is 5.17. The molecular formula is C18H32IN5O. The van der Waals surface area contributed by atoms with Crippen LogP contribution in [0.5, 0.6) is 0 Å². The summed E-state index contributed by atoms with van der Waals surface area (Å²) in [5.74, 6) is 1.89. The predicted octanol–water partition coefficient (Wildman–Crippen LogP) is 2.78. The number of halogens is 1. The van der Waals surface area contributed by atoms with Gasteiger partial charge in [0.1, 0.15) is 5.82 Å². The van der Waals surface area contributed by atoms with Gasteiger partial charge < -0.3 is 20.3 Å². The van der Waals surface area contributed by atoms with E-state index in [1.165, 1.54) is 24.8 Å². The second-order valence-electron chi connectivity index (χ2n) is 6.27. The summed E-state index contributed by atoms with van der Waals surface area (Å²) < 4.78 is 5.17. The van der Waals surface area contributed by atoms with E-state index < -0.39 is 0 Å². The van der Waals surface area contributed by atoms with Gasteiger partial charge in [0.15, 0.2) is 5.96 Å². The quantitative estimate of drug-likeness (QED) is 0.372. The van der Waals surface area contributed by atoms with Gasteiger partial charge in [-0.05, 0) is 50.8 Å². The van der Waals surface area contributed by atoms with Crippen molar-refractivity contribution in [2.24, 2.45) is 4.99 Å². The first-order valence-electron chi connectivity index (χ1n) is 8.96. The molecule has 0 bridgehead atoms. The van der Waals surface area contributed by atoms with Gasteiger partial charge in [-0.25, -0.2) is 9.98 Å². The standard InChI is InChI=1S/C18H31N5O.HI/c1-4-19-18(22-15(2)14-24-3)21-13-16-8-9-20-17(12-16)23-10-6-5-7-11-23;/h8-9,12,15H,4-7,10-11,13-14H2,1-3H3,(H2,19,21,22);1H. The monoisotopic (exact) mass is 461 g/mol.